The number of rotatable bonds is 5. The van der Waals surface area contributed by atoms with Crippen LogP contribution in [0.4, 0.5) is 0 Å². The summed E-state index contributed by atoms with van der Waals surface area (Å²) in [5, 5.41) is 9.72. The summed E-state index contributed by atoms with van der Waals surface area (Å²) in [7, 11) is 1.66. The molecular formula is C22H20N6O4S2. The second kappa shape index (κ2) is 8.37. The smallest absolute Gasteiger partial charge is 0.348 e. The molecule has 0 fully saturated rings. The SMILES string of the molecule is CCOC(=O)c1sc2nc(C(C)Sc3nnc4n(C)c(=O)c5ccccc5n34)[nH]c(=O)c2c1C. The Morgan fingerprint density at radius 3 is 2.79 bits per heavy atom. The molecule has 34 heavy (non-hydrogen) atoms. The van der Waals surface area contributed by atoms with Crippen molar-refractivity contribution in [1.29, 1.82) is 0 Å². The summed E-state index contributed by atoms with van der Waals surface area (Å²) in [6, 6.07) is 7.28. The van der Waals surface area contributed by atoms with Gasteiger partial charge in [0, 0.05) is 7.05 Å². The zero-order chi connectivity index (χ0) is 24.1. The second-order valence-electron chi connectivity index (χ2n) is 7.67. The third kappa shape index (κ3) is 3.41. The van der Waals surface area contributed by atoms with E-state index in [0.717, 1.165) is 11.3 Å². The van der Waals surface area contributed by atoms with Gasteiger partial charge >= 0.3 is 5.97 Å². The van der Waals surface area contributed by atoms with Gasteiger partial charge in [-0.05, 0) is 38.5 Å². The van der Waals surface area contributed by atoms with E-state index in [1.54, 1.807) is 27.0 Å². The fourth-order valence-electron chi connectivity index (χ4n) is 3.85. The van der Waals surface area contributed by atoms with Crippen LogP contribution in [0.5, 0.6) is 0 Å². The molecule has 5 aromatic rings. The number of benzene rings is 1. The van der Waals surface area contributed by atoms with Gasteiger partial charge in [0.2, 0.25) is 5.78 Å². The summed E-state index contributed by atoms with van der Waals surface area (Å²) in [6.07, 6.45) is 0. The van der Waals surface area contributed by atoms with Crippen molar-refractivity contribution in [3.05, 3.63) is 61.2 Å². The maximum Gasteiger partial charge on any atom is 0.348 e. The molecule has 0 bridgehead atoms. The Bertz CT molecular complexity index is 1710. The molecule has 4 heterocycles. The lowest BCUT2D eigenvalue weighted by atomic mass is 10.2. The first-order valence-corrected chi connectivity index (χ1v) is 12.2. The molecule has 0 spiro atoms. The first kappa shape index (κ1) is 22.3. The van der Waals surface area contributed by atoms with Crippen LogP contribution < -0.4 is 11.1 Å². The van der Waals surface area contributed by atoms with Gasteiger partial charge in [-0.25, -0.2) is 9.78 Å². The number of esters is 1. The first-order chi connectivity index (χ1) is 16.3. The molecule has 0 aliphatic heterocycles. The van der Waals surface area contributed by atoms with Crippen molar-refractivity contribution in [1.82, 2.24) is 29.1 Å². The maximum absolute atomic E-state index is 12.9. The number of para-hydroxylation sites is 1. The van der Waals surface area contributed by atoms with Crippen molar-refractivity contribution in [3.8, 4) is 0 Å². The van der Waals surface area contributed by atoms with Crippen molar-refractivity contribution in [3.63, 3.8) is 0 Å². The summed E-state index contributed by atoms with van der Waals surface area (Å²) in [4.78, 5) is 46.1. The molecule has 0 aliphatic rings. The van der Waals surface area contributed by atoms with Gasteiger partial charge in [-0.15, -0.1) is 21.5 Å². The van der Waals surface area contributed by atoms with Crippen LogP contribution in [0, 0.1) is 6.92 Å². The van der Waals surface area contributed by atoms with Gasteiger partial charge in [0.1, 0.15) is 15.5 Å². The number of aromatic amines is 1. The predicted molar refractivity (Wildman–Crippen MR) is 131 cm³/mol. The maximum atomic E-state index is 12.9. The fourth-order valence-corrected chi connectivity index (χ4v) is 5.84. The highest BCUT2D eigenvalue weighted by Crippen LogP contribution is 2.34. The van der Waals surface area contributed by atoms with E-state index in [4.69, 9.17) is 4.74 Å². The molecule has 0 radical (unpaired) electrons. The highest BCUT2D eigenvalue weighted by molar-refractivity contribution is 7.99. The van der Waals surface area contributed by atoms with Gasteiger partial charge in [-0.3, -0.25) is 18.6 Å². The number of H-pyrrole nitrogens is 1. The Hall–Kier alpha value is -3.51. The standard InChI is InChI=1S/C22H20N6O4S2/c1-5-32-20(31)15-10(2)14-17(29)23-16(24-18(14)34-15)11(3)33-22-26-25-21-27(4)19(30)12-8-6-7-9-13(12)28(21)22/h6-9,11H,5H2,1-4H3,(H,23,24,29). The van der Waals surface area contributed by atoms with Crippen LogP contribution >= 0.6 is 23.1 Å². The lowest BCUT2D eigenvalue weighted by molar-refractivity contribution is 0.0531. The minimum atomic E-state index is -0.459. The summed E-state index contributed by atoms with van der Waals surface area (Å²) >= 11 is 2.51. The molecule has 174 valence electrons. The van der Waals surface area contributed by atoms with Crippen LogP contribution in [-0.2, 0) is 11.8 Å². The van der Waals surface area contributed by atoms with Gasteiger partial charge in [0.25, 0.3) is 11.1 Å². The monoisotopic (exact) mass is 496 g/mol. The van der Waals surface area contributed by atoms with E-state index in [9.17, 15) is 14.4 Å². The number of ether oxygens (including phenoxy) is 1. The first-order valence-electron chi connectivity index (χ1n) is 10.5. The normalized spacial score (nSPS) is 12.6. The molecule has 0 saturated heterocycles. The average molecular weight is 497 g/mol. The number of carbonyl (C=O) groups excluding carboxylic acids is 1. The van der Waals surface area contributed by atoms with Crippen molar-refractivity contribution >= 4 is 56.0 Å². The van der Waals surface area contributed by atoms with E-state index in [1.165, 1.54) is 16.3 Å². The van der Waals surface area contributed by atoms with Crippen LogP contribution in [0.15, 0.2) is 39.0 Å². The zero-order valence-corrected chi connectivity index (χ0v) is 20.4. The van der Waals surface area contributed by atoms with Gasteiger partial charge in [0.15, 0.2) is 5.16 Å². The summed E-state index contributed by atoms with van der Waals surface area (Å²) in [6.45, 7) is 5.60. The highest BCUT2D eigenvalue weighted by Gasteiger charge is 2.23. The van der Waals surface area contributed by atoms with E-state index < -0.39 is 5.97 Å². The largest absolute Gasteiger partial charge is 0.462 e. The number of carbonyl (C=O) groups is 1. The minimum absolute atomic E-state index is 0.151. The van der Waals surface area contributed by atoms with Crippen molar-refractivity contribution in [2.45, 2.75) is 31.2 Å². The molecule has 0 saturated carbocycles. The van der Waals surface area contributed by atoms with E-state index in [0.29, 0.717) is 48.3 Å². The molecule has 0 amide bonds. The number of aryl methyl sites for hydroxylation is 2. The number of nitrogens with zero attached hydrogens (tertiary/aromatic N) is 5. The van der Waals surface area contributed by atoms with Gasteiger partial charge in [-0.2, -0.15) is 0 Å². The third-order valence-electron chi connectivity index (χ3n) is 5.54. The van der Waals surface area contributed by atoms with Crippen LogP contribution in [0.1, 0.15) is 40.2 Å². The van der Waals surface area contributed by atoms with E-state index in [1.807, 2.05) is 29.5 Å². The molecule has 5 rings (SSSR count). The Morgan fingerprint density at radius 2 is 2.03 bits per heavy atom. The Balaban J connectivity index is 1.58. The molecule has 1 atom stereocenters. The molecule has 4 aromatic heterocycles. The molecular weight excluding hydrogens is 476 g/mol. The van der Waals surface area contributed by atoms with Gasteiger partial charge < -0.3 is 9.72 Å². The molecule has 12 heteroatoms. The molecule has 1 aromatic carbocycles. The number of thioether (sulfide) groups is 1. The quantitative estimate of drug-likeness (QED) is 0.291. The van der Waals surface area contributed by atoms with E-state index >= 15 is 0 Å². The number of thiophene rings is 1. The van der Waals surface area contributed by atoms with E-state index in [2.05, 4.69) is 20.2 Å². The van der Waals surface area contributed by atoms with Crippen LogP contribution in [0.3, 0.4) is 0 Å². The predicted octanol–water partition coefficient (Wildman–Crippen LogP) is 3.22. The summed E-state index contributed by atoms with van der Waals surface area (Å²) < 4.78 is 8.39. The van der Waals surface area contributed by atoms with E-state index in [-0.39, 0.29) is 23.0 Å². The van der Waals surface area contributed by atoms with Gasteiger partial charge in [0.05, 0.1) is 28.1 Å². The molecule has 0 aliphatic carbocycles. The van der Waals surface area contributed by atoms with Crippen molar-refractivity contribution in [2.75, 3.05) is 6.61 Å². The Kier molecular flexibility index (Phi) is 5.48. The van der Waals surface area contributed by atoms with Crippen LogP contribution in [-0.4, -0.2) is 41.7 Å². The van der Waals surface area contributed by atoms with Crippen LogP contribution in [0.25, 0.3) is 26.9 Å². The number of aromatic nitrogens is 6. The number of hydrogen-bond acceptors (Lipinski definition) is 9. The molecule has 10 nitrogen and oxygen atoms in total. The third-order valence-corrected chi connectivity index (χ3v) is 7.76. The Labute approximate surface area is 200 Å². The summed E-state index contributed by atoms with van der Waals surface area (Å²) in [5.41, 5.74) is 0.803. The number of hydrogen-bond donors (Lipinski definition) is 1. The Morgan fingerprint density at radius 1 is 1.26 bits per heavy atom. The zero-order valence-electron chi connectivity index (χ0n) is 18.8. The topological polar surface area (TPSA) is 124 Å². The highest BCUT2D eigenvalue weighted by atomic mass is 32.2. The lowest BCUT2D eigenvalue weighted by Gasteiger charge is -2.11. The average Bonchev–Trinajstić information content (AvgIpc) is 3.39. The van der Waals surface area contributed by atoms with Crippen molar-refractivity contribution in [2.24, 2.45) is 7.05 Å². The second-order valence-corrected chi connectivity index (χ2v) is 9.97. The molecule has 1 unspecified atom stereocenters. The minimum Gasteiger partial charge on any atom is -0.462 e. The van der Waals surface area contributed by atoms with Gasteiger partial charge in [-0.1, -0.05) is 23.9 Å². The lowest BCUT2D eigenvalue weighted by Crippen LogP contribution is -2.20. The summed E-state index contributed by atoms with van der Waals surface area (Å²) in [5.74, 6) is 0.409. The fraction of sp³-hybridized carbons (Fsp3) is 0.273. The molecule has 1 N–H and O–H groups in total. The van der Waals surface area contributed by atoms with Crippen LogP contribution in [0.2, 0.25) is 0 Å². The van der Waals surface area contributed by atoms with Crippen molar-refractivity contribution < 1.29 is 9.53 Å². The number of nitrogens with one attached hydrogen (secondary N) is 1. The number of fused-ring (bicyclic) bond motifs is 4.